The second kappa shape index (κ2) is 10.4. The predicted molar refractivity (Wildman–Crippen MR) is 137 cm³/mol. The van der Waals surface area contributed by atoms with E-state index in [2.05, 4.69) is 25.5 Å². The molecule has 0 radical (unpaired) electrons. The normalized spacial score (nSPS) is 13.9. The highest BCUT2D eigenvalue weighted by atomic mass is 19.4. The number of halogens is 3. The second-order valence-corrected chi connectivity index (χ2v) is 8.68. The molecular weight excluding hydrogens is 483 g/mol. The first kappa shape index (κ1) is 24.5. The van der Waals surface area contributed by atoms with Crippen LogP contribution < -0.4 is 20.3 Å². The molecule has 0 atom stereocenters. The predicted octanol–water partition coefficient (Wildman–Crippen LogP) is 7.24. The lowest BCUT2D eigenvalue weighted by Crippen LogP contribution is -2.29. The zero-order chi connectivity index (χ0) is 25.8. The Morgan fingerprint density at radius 3 is 2.46 bits per heavy atom. The van der Waals surface area contributed by atoms with Crippen molar-refractivity contribution in [1.82, 2.24) is 9.97 Å². The van der Waals surface area contributed by atoms with E-state index in [1.54, 1.807) is 31.4 Å². The van der Waals surface area contributed by atoms with Gasteiger partial charge in [-0.15, -0.1) is 0 Å². The van der Waals surface area contributed by atoms with Gasteiger partial charge in [-0.1, -0.05) is 12.1 Å². The fourth-order valence-electron chi connectivity index (χ4n) is 4.40. The lowest BCUT2D eigenvalue weighted by Gasteiger charge is -2.29. The van der Waals surface area contributed by atoms with Crippen LogP contribution in [0.1, 0.15) is 24.8 Å². The highest BCUT2D eigenvalue weighted by molar-refractivity contribution is 5.79. The Hall–Kier alpha value is -4.21. The molecule has 37 heavy (non-hydrogen) atoms. The Bertz CT molecular complexity index is 1350. The number of aromatic nitrogens is 2. The number of piperidine rings is 1. The van der Waals surface area contributed by atoms with Gasteiger partial charge < -0.3 is 24.7 Å². The van der Waals surface area contributed by atoms with Crippen LogP contribution in [-0.4, -0.2) is 30.2 Å². The van der Waals surface area contributed by atoms with Crippen molar-refractivity contribution in [2.24, 2.45) is 0 Å². The van der Waals surface area contributed by atoms with Crippen LogP contribution in [0.4, 0.5) is 41.7 Å². The van der Waals surface area contributed by atoms with E-state index in [4.69, 9.17) is 9.15 Å². The van der Waals surface area contributed by atoms with Gasteiger partial charge in [-0.05, 0) is 43.5 Å². The van der Waals surface area contributed by atoms with Crippen LogP contribution >= 0.6 is 0 Å². The lowest BCUT2D eigenvalue weighted by molar-refractivity contribution is -0.137. The third-order valence-electron chi connectivity index (χ3n) is 6.24. The summed E-state index contributed by atoms with van der Waals surface area (Å²) in [5.74, 6) is 1.10. The van der Waals surface area contributed by atoms with E-state index in [1.165, 1.54) is 24.9 Å². The molecule has 1 saturated heterocycles. The van der Waals surface area contributed by atoms with Gasteiger partial charge in [0.1, 0.15) is 17.8 Å². The van der Waals surface area contributed by atoms with E-state index in [9.17, 15) is 13.2 Å². The highest BCUT2D eigenvalue weighted by Crippen LogP contribution is 2.40. The van der Waals surface area contributed by atoms with Crippen LogP contribution in [0, 0.1) is 0 Å². The maximum atomic E-state index is 13.9. The maximum absolute atomic E-state index is 13.9. The van der Waals surface area contributed by atoms with Gasteiger partial charge in [-0.3, -0.25) is 0 Å². The zero-order valence-electron chi connectivity index (χ0n) is 20.2. The molecule has 3 heterocycles. The molecule has 0 aliphatic carbocycles. The fourth-order valence-corrected chi connectivity index (χ4v) is 4.40. The van der Waals surface area contributed by atoms with E-state index in [0.717, 1.165) is 37.8 Å². The Kier molecular flexibility index (Phi) is 6.89. The number of alkyl halides is 3. The number of benzene rings is 2. The number of nitrogens with zero attached hydrogens (tertiary/aromatic N) is 3. The summed E-state index contributed by atoms with van der Waals surface area (Å²) in [6, 6.07) is 14.0. The summed E-state index contributed by atoms with van der Waals surface area (Å²) in [6.45, 7) is 1.97. The van der Waals surface area contributed by atoms with Crippen LogP contribution in [0.15, 0.2) is 71.6 Å². The molecule has 2 aromatic heterocycles. The van der Waals surface area contributed by atoms with Gasteiger partial charge in [0.2, 0.25) is 5.89 Å². The van der Waals surface area contributed by atoms with Gasteiger partial charge in [0, 0.05) is 37.1 Å². The number of pyridine rings is 1. The number of para-hydroxylation sites is 1. The Morgan fingerprint density at radius 2 is 1.73 bits per heavy atom. The van der Waals surface area contributed by atoms with E-state index in [-0.39, 0.29) is 11.5 Å². The largest absolute Gasteiger partial charge is 0.494 e. The summed E-state index contributed by atoms with van der Waals surface area (Å²) in [6.07, 6.45) is 2.61. The number of methoxy groups -OCH3 is 1. The van der Waals surface area contributed by atoms with Crippen molar-refractivity contribution in [2.75, 3.05) is 35.7 Å². The van der Waals surface area contributed by atoms with E-state index in [0.29, 0.717) is 28.6 Å². The van der Waals surface area contributed by atoms with Gasteiger partial charge in [0.05, 0.1) is 41.5 Å². The molecule has 1 aliphatic rings. The Morgan fingerprint density at radius 1 is 0.919 bits per heavy atom. The average molecular weight is 510 g/mol. The molecular formula is C27H26F3N5O2. The molecule has 2 N–H and O–H groups in total. The summed E-state index contributed by atoms with van der Waals surface area (Å²) in [4.78, 5) is 10.5. The molecule has 7 nitrogen and oxygen atoms in total. The van der Waals surface area contributed by atoms with Crippen molar-refractivity contribution in [2.45, 2.75) is 25.4 Å². The average Bonchev–Trinajstić information content (AvgIpc) is 3.44. The molecule has 0 bridgehead atoms. The van der Waals surface area contributed by atoms with Gasteiger partial charge in [0.25, 0.3) is 0 Å². The highest BCUT2D eigenvalue weighted by Gasteiger charge is 2.34. The van der Waals surface area contributed by atoms with Crippen LogP contribution in [0.3, 0.4) is 0 Å². The summed E-state index contributed by atoms with van der Waals surface area (Å²) >= 11 is 0. The number of oxazole rings is 1. The fraction of sp³-hybridized carbons (Fsp3) is 0.259. The molecule has 192 valence electrons. The molecule has 0 saturated carbocycles. The van der Waals surface area contributed by atoms with Crippen molar-refractivity contribution >= 4 is 28.6 Å². The summed E-state index contributed by atoms with van der Waals surface area (Å²) < 4.78 is 52.5. The van der Waals surface area contributed by atoms with E-state index in [1.807, 2.05) is 18.2 Å². The molecule has 2 aromatic carbocycles. The minimum atomic E-state index is -4.61. The third-order valence-corrected chi connectivity index (χ3v) is 6.24. The van der Waals surface area contributed by atoms with Crippen molar-refractivity contribution in [1.29, 1.82) is 0 Å². The second-order valence-electron chi connectivity index (χ2n) is 8.68. The Labute approximate surface area is 212 Å². The van der Waals surface area contributed by atoms with Gasteiger partial charge in [0.15, 0.2) is 0 Å². The smallest absolute Gasteiger partial charge is 0.419 e. The van der Waals surface area contributed by atoms with Crippen molar-refractivity contribution in [3.8, 4) is 17.2 Å². The summed E-state index contributed by atoms with van der Waals surface area (Å²) in [5, 5.41) is 6.01. The lowest BCUT2D eigenvalue weighted by atomic mass is 10.1. The molecule has 5 rings (SSSR count). The zero-order valence-corrected chi connectivity index (χ0v) is 20.2. The molecule has 0 spiro atoms. The molecule has 1 fully saturated rings. The summed E-state index contributed by atoms with van der Waals surface area (Å²) in [5.41, 5.74) is 1.54. The SMILES string of the molecule is COc1cc(N2CCCCC2)ccc1Nc1cc(Nc2ccccc2-c2ncco2)c(C(F)(F)F)cn1. The maximum Gasteiger partial charge on any atom is 0.419 e. The van der Waals surface area contributed by atoms with Crippen LogP contribution in [0.2, 0.25) is 0 Å². The molecule has 0 amide bonds. The topological polar surface area (TPSA) is 75.5 Å². The van der Waals surface area contributed by atoms with Crippen LogP contribution in [0.25, 0.3) is 11.5 Å². The number of anilines is 5. The van der Waals surface area contributed by atoms with Crippen molar-refractivity contribution < 1.29 is 22.3 Å². The number of nitrogens with one attached hydrogen (secondary N) is 2. The van der Waals surface area contributed by atoms with Crippen molar-refractivity contribution in [3.05, 3.63) is 72.8 Å². The van der Waals surface area contributed by atoms with Crippen LogP contribution in [-0.2, 0) is 6.18 Å². The molecule has 4 aromatic rings. The van der Waals surface area contributed by atoms with Crippen LogP contribution in [0.5, 0.6) is 5.75 Å². The molecule has 10 heteroatoms. The number of hydrogen-bond acceptors (Lipinski definition) is 7. The van der Waals surface area contributed by atoms with E-state index >= 15 is 0 Å². The first-order chi connectivity index (χ1) is 17.9. The first-order valence-electron chi connectivity index (χ1n) is 12.0. The number of ether oxygens (including phenoxy) is 1. The van der Waals surface area contributed by atoms with Gasteiger partial charge >= 0.3 is 6.18 Å². The molecule has 1 aliphatic heterocycles. The standard InChI is InChI=1S/C27H26F3N5O2/c1-36-24-15-18(35-12-5-2-6-13-35)9-10-22(24)34-25-16-23(20(17-32-25)27(28,29)30)33-21-8-4-3-7-19(21)26-31-11-14-37-26/h3-4,7-11,14-17H,2,5-6,12-13H2,1H3,(H2,32,33,34). The van der Waals surface area contributed by atoms with E-state index < -0.39 is 11.7 Å². The number of rotatable bonds is 7. The number of hydrogen-bond donors (Lipinski definition) is 2. The quantitative estimate of drug-likeness (QED) is 0.272. The van der Waals surface area contributed by atoms with Gasteiger partial charge in [-0.25, -0.2) is 9.97 Å². The summed E-state index contributed by atoms with van der Waals surface area (Å²) in [7, 11) is 1.56. The molecule has 0 unspecified atom stereocenters. The van der Waals surface area contributed by atoms with Gasteiger partial charge in [-0.2, -0.15) is 13.2 Å². The first-order valence-corrected chi connectivity index (χ1v) is 12.0. The minimum Gasteiger partial charge on any atom is -0.494 e. The Balaban J connectivity index is 1.46. The monoisotopic (exact) mass is 509 g/mol. The third kappa shape index (κ3) is 5.47. The minimum absolute atomic E-state index is 0.159. The van der Waals surface area contributed by atoms with Crippen molar-refractivity contribution in [3.63, 3.8) is 0 Å².